The molecule has 0 spiro atoms. The Kier molecular flexibility index (Phi) is 2.32. The minimum absolute atomic E-state index is 0.00866. The number of aromatic hydroxyl groups is 1. The summed E-state index contributed by atoms with van der Waals surface area (Å²) in [7, 11) is 0. The van der Waals surface area contributed by atoms with Crippen LogP contribution in [0.1, 0.15) is 23.2 Å². The Bertz CT molecular complexity index is 293. The third-order valence-corrected chi connectivity index (χ3v) is 1.28. The number of aryl methyl sites for hydroxylation is 1. The maximum absolute atomic E-state index is 11.0. The number of H-pyrrole nitrogens is 1. The normalized spacial score (nSPS) is 9.83. The summed E-state index contributed by atoms with van der Waals surface area (Å²) in [5, 5.41) is 9.09. The summed E-state index contributed by atoms with van der Waals surface area (Å²) in [6.45, 7) is 3.61. The van der Waals surface area contributed by atoms with Crippen molar-refractivity contribution in [3.05, 3.63) is 11.5 Å². The van der Waals surface area contributed by atoms with Gasteiger partial charge in [0.1, 0.15) is 5.82 Å². The number of carbonyl (C=O) groups is 1. The van der Waals surface area contributed by atoms with Gasteiger partial charge in [-0.1, -0.05) is 0 Å². The summed E-state index contributed by atoms with van der Waals surface area (Å²) < 4.78 is 4.65. The molecule has 0 saturated carbocycles. The van der Waals surface area contributed by atoms with Crippen LogP contribution in [0.25, 0.3) is 0 Å². The molecule has 0 aromatic carbocycles. The first-order valence-corrected chi connectivity index (χ1v) is 3.57. The molecule has 0 aliphatic carbocycles. The number of aromatic nitrogens is 2. The lowest BCUT2D eigenvalue weighted by atomic mass is 10.5. The van der Waals surface area contributed by atoms with Gasteiger partial charge < -0.3 is 14.8 Å². The molecule has 0 aliphatic heterocycles. The van der Waals surface area contributed by atoms with Crippen LogP contribution in [0.5, 0.6) is 5.88 Å². The van der Waals surface area contributed by atoms with Crippen LogP contribution in [-0.4, -0.2) is 27.7 Å². The highest BCUT2D eigenvalue weighted by molar-refractivity contribution is 5.89. The van der Waals surface area contributed by atoms with Gasteiger partial charge in [-0.25, -0.2) is 4.79 Å². The zero-order chi connectivity index (χ0) is 9.14. The van der Waals surface area contributed by atoms with Gasteiger partial charge in [-0.15, -0.1) is 0 Å². The van der Waals surface area contributed by atoms with E-state index in [1.165, 1.54) is 0 Å². The highest BCUT2D eigenvalue weighted by Gasteiger charge is 2.15. The van der Waals surface area contributed by atoms with Crippen molar-refractivity contribution < 1.29 is 14.6 Å². The molecule has 12 heavy (non-hydrogen) atoms. The first-order chi connectivity index (χ1) is 5.65. The third-order valence-electron chi connectivity index (χ3n) is 1.28. The first-order valence-electron chi connectivity index (χ1n) is 3.57. The van der Waals surface area contributed by atoms with Crippen molar-refractivity contribution in [3.8, 4) is 5.88 Å². The van der Waals surface area contributed by atoms with E-state index in [1.807, 2.05) is 0 Å². The number of nitrogens with one attached hydrogen (secondary N) is 1. The SMILES string of the molecule is CCOC(=O)c1[nH]c(C)nc1O. The van der Waals surface area contributed by atoms with Gasteiger partial charge in [0.15, 0.2) is 5.69 Å². The van der Waals surface area contributed by atoms with Crippen LogP contribution in [0, 0.1) is 6.92 Å². The number of imidazole rings is 1. The van der Waals surface area contributed by atoms with Crippen molar-refractivity contribution in [1.82, 2.24) is 9.97 Å². The van der Waals surface area contributed by atoms with Crippen molar-refractivity contribution >= 4 is 5.97 Å². The Morgan fingerprint density at radius 3 is 2.83 bits per heavy atom. The maximum Gasteiger partial charge on any atom is 0.360 e. The van der Waals surface area contributed by atoms with Gasteiger partial charge in [0.2, 0.25) is 5.88 Å². The molecular weight excluding hydrogens is 160 g/mol. The number of rotatable bonds is 2. The quantitative estimate of drug-likeness (QED) is 0.637. The Morgan fingerprint density at radius 1 is 1.75 bits per heavy atom. The number of carbonyl (C=O) groups excluding carboxylic acids is 1. The van der Waals surface area contributed by atoms with Crippen molar-refractivity contribution in [2.45, 2.75) is 13.8 Å². The van der Waals surface area contributed by atoms with Crippen molar-refractivity contribution in [2.24, 2.45) is 0 Å². The number of ether oxygens (including phenoxy) is 1. The van der Waals surface area contributed by atoms with Crippen LogP contribution < -0.4 is 0 Å². The van der Waals surface area contributed by atoms with Crippen LogP contribution in [-0.2, 0) is 4.74 Å². The molecule has 0 fully saturated rings. The van der Waals surface area contributed by atoms with Crippen LogP contribution in [0.2, 0.25) is 0 Å². The van der Waals surface area contributed by atoms with E-state index in [1.54, 1.807) is 13.8 Å². The average Bonchev–Trinajstić information content (AvgIpc) is 2.30. The lowest BCUT2D eigenvalue weighted by Crippen LogP contribution is -2.05. The molecule has 66 valence electrons. The molecule has 0 aliphatic rings. The summed E-state index contributed by atoms with van der Waals surface area (Å²) in [6, 6.07) is 0. The van der Waals surface area contributed by atoms with Gasteiger partial charge in [-0.3, -0.25) is 0 Å². The molecule has 1 aromatic heterocycles. The topological polar surface area (TPSA) is 75.2 Å². The number of nitrogens with zero attached hydrogens (tertiary/aromatic N) is 1. The van der Waals surface area contributed by atoms with E-state index < -0.39 is 5.97 Å². The molecule has 1 aromatic rings. The fourth-order valence-corrected chi connectivity index (χ4v) is 0.825. The number of hydrogen-bond acceptors (Lipinski definition) is 4. The summed E-state index contributed by atoms with van der Waals surface area (Å²) in [4.78, 5) is 17.2. The Balaban J connectivity index is 2.87. The fraction of sp³-hybridized carbons (Fsp3) is 0.429. The lowest BCUT2D eigenvalue weighted by molar-refractivity contribution is 0.0516. The second-order valence-corrected chi connectivity index (χ2v) is 2.24. The first kappa shape index (κ1) is 8.58. The van der Waals surface area contributed by atoms with Gasteiger partial charge in [-0.2, -0.15) is 4.98 Å². The maximum atomic E-state index is 11.0. The molecule has 0 unspecified atom stereocenters. The molecule has 1 rings (SSSR count). The van der Waals surface area contributed by atoms with Gasteiger partial charge in [0.25, 0.3) is 0 Å². The van der Waals surface area contributed by atoms with Crippen LogP contribution in [0.3, 0.4) is 0 Å². The monoisotopic (exact) mass is 170 g/mol. The van der Waals surface area contributed by atoms with E-state index in [9.17, 15) is 4.79 Å². The molecule has 0 bridgehead atoms. The second-order valence-electron chi connectivity index (χ2n) is 2.24. The summed E-state index contributed by atoms with van der Waals surface area (Å²) in [5.74, 6) is -0.419. The standard InChI is InChI=1S/C7H10N2O3/c1-3-12-7(11)5-6(10)9-4(2)8-5/h10H,3H2,1-2H3,(H,8,9). The predicted molar refractivity (Wildman–Crippen MR) is 40.9 cm³/mol. The lowest BCUT2D eigenvalue weighted by Gasteiger charge is -1.97. The van der Waals surface area contributed by atoms with Gasteiger partial charge in [0, 0.05) is 0 Å². The van der Waals surface area contributed by atoms with Gasteiger partial charge in [-0.05, 0) is 13.8 Å². The minimum atomic E-state index is -0.587. The Labute approximate surface area is 69.4 Å². The molecule has 0 saturated heterocycles. The van der Waals surface area contributed by atoms with E-state index in [2.05, 4.69) is 14.7 Å². The zero-order valence-corrected chi connectivity index (χ0v) is 6.92. The van der Waals surface area contributed by atoms with Crippen molar-refractivity contribution in [3.63, 3.8) is 0 Å². The molecule has 5 heteroatoms. The van der Waals surface area contributed by atoms with Crippen LogP contribution >= 0.6 is 0 Å². The van der Waals surface area contributed by atoms with E-state index in [0.29, 0.717) is 5.82 Å². The Hall–Kier alpha value is -1.52. The van der Waals surface area contributed by atoms with Gasteiger partial charge in [0.05, 0.1) is 6.61 Å². The van der Waals surface area contributed by atoms with E-state index >= 15 is 0 Å². The van der Waals surface area contributed by atoms with Crippen LogP contribution in [0.15, 0.2) is 0 Å². The van der Waals surface area contributed by atoms with Crippen molar-refractivity contribution in [2.75, 3.05) is 6.61 Å². The van der Waals surface area contributed by atoms with E-state index in [0.717, 1.165) is 0 Å². The van der Waals surface area contributed by atoms with Gasteiger partial charge >= 0.3 is 5.97 Å². The number of hydrogen-bond donors (Lipinski definition) is 2. The average molecular weight is 170 g/mol. The molecule has 0 amide bonds. The smallest absolute Gasteiger partial charge is 0.360 e. The zero-order valence-electron chi connectivity index (χ0n) is 6.92. The highest BCUT2D eigenvalue weighted by Crippen LogP contribution is 2.13. The molecule has 5 nitrogen and oxygen atoms in total. The summed E-state index contributed by atoms with van der Waals surface area (Å²) >= 11 is 0. The second kappa shape index (κ2) is 3.25. The van der Waals surface area contributed by atoms with Crippen molar-refractivity contribution in [1.29, 1.82) is 0 Å². The fourth-order valence-electron chi connectivity index (χ4n) is 0.825. The van der Waals surface area contributed by atoms with E-state index in [4.69, 9.17) is 5.11 Å². The highest BCUT2D eigenvalue weighted by atomic mass is 16.5. The summed E-state index contributed by atoms with van der Waals surface area (Å²) in [5.41, 5.74) is 0.00866. The number of aromatic amines is 1. The molecule has 0 radical (unpaired) electrons. The molecular formula is C7H10N2O3. The number of esters is 1. The molecule has 0 atom stereocenters. The third kappa shape index (κ3) is 1.55. The van der Waals surface area contributed by atoms with E-state index in [-0.39, 0.29) is 18.2 Å². The Morgan fingerprint density at radius 2 is 2.42 bits per heavy atom. The summed E-state index contributed by atoms with van der Waals surface area (Å²) in [6.07, 6.45) is 0. The molecule has 2 N–H and O–H groups in total. The minimum Gasteiger partial charge on any atom is -0.492 e. The largest absolute Gasteiger partial charge is 0.492 e. The molecule has 1 heterocycles. The van der Waals surface area contributed by atoms with Crippen LogP contribution in [0.4, 0.5) is 0 Å². The predicted octanol–water partition coefficient (Wildman–Crippen LogP) is 0.600.